The van der Waals surface area contributed by atoms with Crippen molar-refractivity contribution in [2.75, 3.05) is 12.4 Å². The van der Waals surface area contributed by atoms with Crippen LogP contribution in [0.25, 0.3) is 10.9 Å². The maximum atomic E-state index is 12.3. The highest BCUT2D eigenvalue weighted by Crippen LogP contribution is 2.21. The van der Waals surface area contributed by atoms with Crippen molar-refractivity contribution in [3.05, 3.63) is 36.5 Å². The zero-order valence-electron chi connectivity index (χ0n) is 11.5. The molecule has 0 atom stereocenters. The smallest absolute Gasteiger partial charge is 0.271 e. The molecular weight excluding hydrogens is 268 g/mol. The fourth-order valence-corrected chi connectivity index (χ4v) is 2.23. The summed E-state index contributed by atoms with van der Waals surface area (Å²) in [7, 11) is 1.55. The summed E-state index contributed by atoms with van der Waals surface area (Å²) in [4.78, 5) is 27.9. The van der Waals surface area contributed by atoms with Crippen molar-refractivity contribution in [3.8, 4) is 0 Å². The van der Waals surface area contributed by atoms with Crippen molar-refractivity contribution in [2.24, 2.45) is 5.10 Å². The van der Waals surface area contributed by atoms with Crippen LogP contribution in [0, 0.1) is 0 Å². The minimum atomic E-state index is -0.299. The third kappa shape index (κ3) is 2.60. The Bertz CT molecular complexity index is 749. The van der Waals surface area contributed by atoms with Crippen molar-refractivity contribution in [1.29, 1.82) is 0 Å². The number of hydrogen-bond donors (Lipinski definition) is 1. The van der Waals surface area contributed by atoms with E-state index in [4.69, 9.17) is 0 Å². The number of hydrazone groups is 1. The fourth-order valence-electron chi connectivity index (χ4n) is 2.23. The van der Waals surface area contributed by atoms with E-state index in [1.807, 2.05) is 24.3 Å². The van der Waals surface area contributed by atoms with Gasteiger partial charge in [-0.2, -0.15) is 5.10 Å². The molecule has 2 heterocycles. The van der Waals surface area contributed by atoms with Gasteiger partial charge in [-0.3, -0.25) is 14.6 Å². The van der Waals surface area contributed by atoms with E-state index in [1.165, 1.54) is 5.01 Å². The molecule has 0 bridgehead atoms. The maximum absolute atomic E-state index is 12.3. The summed E-state index contributed by atoms with van der Waals surface area (Å²) in [6.07, 6.45) is 2.34. The molecule has 1 aliphatic heterocycles. The van der Waals surface area contributed by atoms with Gasteiger partial charge >= 0.3 is 0 Å². The van der Waals surface area contributed by atoms with Crippen molar-refractivity contribution in [1.82, 2.24) is 9.99 Å². The second-order valence-electron chi connectivity index (χ2n) is 4.80. The Balaban J connectivity index is 1.87. The lowest BCUT2D eigenvalue weighted by atomic mass is 10.1. The van der Waals surface area contributed by atoms with Gasteiger partial charge in [-0.05, 0) is 12.1 Å². The van der Waals surface area contributed by atoms with Crippen LogP contribution in [0.2, 0.25) is 0 Å². The van der Waals surface area contributed by atoms with Crippen LogP contribution < -0.4 is 5.32 Å². The van der Waals surface area contributed by atoms with Crippen LogP contribution in [0.3, 0.4) is 0 Å². The predicted octanol–water partition coefficient (Wildman–Crippen LogP) is 1.78. The number of aromatic nitrogens is 1. The van der Waals surface area contributed by atoms with Gasteiger partial charge in [-0.1, -0.05) is 18.2 Å². The molecule has 1 aliphatic rings. The first-order chi connectivity index (χ1) is 10.1. The Morgan fingerprint density at radius 2 is 2.05 bits per heavy atom. The van der Waals surface area contributed by atoms with Crippen LogP contribution in [0.15, 0.2) is 41.6 Å². The summed E-state index contributed by atoms with van der Waals surface area (Å²) in [6.45, 7) is 0. The second-order valence-corrected chi connectivity index (χ2v) is 4.80. The summed E-state index contributed by atoms with van der Waals surface area (Å²) in [5.41, 5.74) is 1.72. The SMILES string of the molecule is CN1N=C(C(=O)Nc2cccc3cccnc23)CCC1=O. The Morgan fingerprint density at radius 3 is 2.86 bits per heavy atom. The lowest BCUT2D eigenvalue weighted by Gasteiger charge is -2.19. The molecule has 0 fully saturated rings. The summed E-state index contributed by atoms with van der Waals surface area (Å²) in [5, 5.41) is 8.99. The van der Waals surface area contributed by atoms with E-state index in [1.54, 1.807) is 19.3 Å². The molecule has 0 aliphatic carbocycles. The van der Waals surface area contributed by atoms with Crippen LogP contribution in [0.4, 0.5) is 5.69 Å². The van der Waals surface area contributed by atoms with E-state index < -0.39 is 0 Å². The van der Waals surface area contributed by atoms with Crippen molar-refractivity contribution >= 4 is 34.1 Å². The Hall–Kier alpha value is -2.76. The number of carbonyl (C=O) groups excluding carboxylic acids is 2. The Kier molecular flexibility index (Phi) is 3.35. The zero-order chi connectivity index (χ0) is 14.8. The number of fused-ring (bicyclic) bond motifs is 1. The van der Waals surface area contributed by atoms with E-state index in [-0.39, 0.29) is 11.8 Å². The van der Waals surface area contributed by atoms with Crippen LogP contribution in [0.1, 0.15) is 12.8 Å². The van der Waals surface area contributed by atoms with Crippen molar-refractivity contribution in [2.45, 2.75) is 12.8 Å². The molecule has 106 valence electrons. The molecule has 6 heteroatoms. The standard InChI is InChI=1S/C15H14N4O2/c1-19-13(20)8-7-12(18-19)15(21)17-11-6-2-4-10-5-3-9-16-14(10)11/h2-6,9H,7-8H2,1H3,(H,17,21). The van der Waals surface area contributed by atoms with E-state index in [0.29, 0.717) is 24.2 Å². The summed E-state index contributed by atoms with van der Waals surface area (Å²) in [5.74, 6) is -0.383. The minimum absolute atomic E-state index is 0.0848. The number of nitrogens with one attached hydrogen (secondary N) is 1. The first-order valence-electron chi connectivity index (χ1n) is 6.64. The van der Waals surface area contributed by atoms with E-state index >= 15 is 0 Å². The minimum Gasteiger partial charge on any atom is -0.319 e. The molecule has 6 nitrogen and oxygen atoms in total. The monoisotopic (exact) mass is 282 g/mol. The molecule has 21 heavy (non-hydrogen) atoms. The fraction of sp³-hybridized carbons (Fsp3) is 0.200. The highest BCUT2D eigenvalue weighted by molar-refractivity contribution is 6.44. The van der Waals surface area contributed by atoms with Crippen LogP contribution in [-0.2, 0) is 9.59 Å². The molecule has 0 spiro atoms. The molecule has 0 saturated heterocycles. The lowest BCUT2D eigenvalue weighted by molar-refractivity contribution is -0.130. The van der Waals surface area contributed by atoms with Crippen LogP contribution in [0.5, 0.6) is 0 Å². The third-order valence-electron chi connectivity index (χ3n) is 3.35. The van der Waals surface area contributed by atoms with Gasteiger partial charge < -0.3 is 5.32 Å². The van der Waals surface area contributed by atoms with Gasteiger partial charge in [0, 0.05) is 31.5 Å². The predicted molar refractivity (Wildman–Crippen MR) is 79.8 cm³/mol. The van der Waals surface area contributed by atoms with E-state index in [9.17, 15) is 9.59 Å². The van der Waals surface area contributed by atoms with E-state index in [2.05, 4.69) is 15.4 Å². The van der Waals surface area contributed by atoms with Gasteiger partial charge in [0.15, 0.2) is 0 Å². The number of hydrogen-bond acceptors (Lipinski definition) is 4. The normalized spacial score (nSPS) is 15.0. The molecule has 1 aromatic heterocycles. The number of anilines is 1. The number of nitrogens with zero attached hydrogens (tertiary/aromatic N) is 3. The van der Waals surface area contributed by atoms with Gasteiger partial charge in [0.2, 0.25) is 5.91 Å². The average Bonchev–Trinajstić information content (AvgIpc) is 2.50. The number of carbonyl (C=O) groups is 2. The third-order valence-corrected chi connectivity index (χ3v) is 3.35. The molecule has 1 N–H and O–H groups in total. The van der Waals surface area contributed by atoms with Crippen molar-refractivity contribution in [3.63, 3.8) is 0 Å². The molecule has 2 aromatic rings. The van der Waals surface area contributed by atoms with E-state index in [0.717, 1.165) is 10.9 Å². The van der Waals surface area contributed by atoms with Crippen molar-refractivity contribution < 1.29 is 9.59 Å². The lowest BCUT2D eigenvalue weighted by Crippen LogP contribution is -2.34. The van der Waals surface area contributed by atoms with Gasteiger partial charge in [0.25, 0.3) is 5.91 Å². The summed E-state index contributed by atoms with van der Waals surface area (Å²) < 4.78 is 0. The zero-order valence-corrected chi connectivity index (χ0v) is 11.5. The Labute approximate surface area is 121 Å². The van der Waals surface area contributed by atoms with Gasteiger partial charge in [0.05, 0.1) is 11.2 Å². The Morgan fingerprint density at radius 1 is 1.24 bits per heavy atom. The number of benzene rings is 1. The topological polar surface area (TPSA) is 74.7 Å². The molecule has 2 amide bonds. The highest BCUT2D eigenvalue weighted by Gasteiger charge is 2.22. The molecular formula is C15H14N4O2. The molecule has 3 rings (SSSR count). The summed E-state index contributed by atoms with van der Waals surface area (Å²) >= 11 is 0. The number of amides is 2. The first kappa shape index (κ1) is 13.2. The number of para-hydroxylation sites is 1. The van der Waals surface area contributed by atoms with Gasteiger partial charge in [0.1, 0.15) is 5.71 Å². The van der Waals surface area contributed by atoms with Crippen LogP contribution in [-0.4, -0.2) is 34.6 Å². The largest absolute Gasteiger partial charge is 0.319 e. The van der Waals surface area contributed by atoms with Gasteiger partial charge in [-0.25, -0.2) is 5.01 Å². The van der Waals surface area contributed by atoms with Crippen LogP contribution >= 0.6 is 0 Å². The molecule has 0 unspecified atom stereocenters. The molecule has 0 saturated carbocycles. The number of pyridine rings is 1. The second kappa shape index (κ2) is 5.32. The molecule has 1 aromatic carbocycles. The highest BCUT2D eigenvalue weighted by atomic mass is 16.2. The number of rotatable bonds is 2. The first-order valence-corrected chi connectivity index (χ1v) is 6.64. The summed E-state index contributed by atoms with van der Waals surface area (Å²) in [6, 6.07) is 9.37. The maximum Gasteiger partial charge on any atom is 0.271 e. The molecule has 0 radical (unpaired) electrons. The van der Waals surface area contributed by atoms with Gasteiger partial charge in [-0.15, -0.1) is 0 Å². The quantitative estimate of drug-likeness (QED) is 0.912. The average molecular weight is 282 g/mol.